The monoisotopic (exact) mass is 359 g/mol. The van der Waals surface area contributed by atoms with E-state index >= 15 is 0 Å². The first kappa shape index (κ1) is 18.7. The van der Waals surface area contributed by atoms with Crippen molar-refractivity contribution >= 4 is 11.8 Å². The lowest BCUT2D eigenvalue weighted by Crippen LogP contribution is -2.42. The molecule has 0 radical (unpaired) electrons. The number of amides is 2. The van der Waals surface area contributed by atoms with Gasteiger partial charge in [0.05, 0.1) is 12.5 Å². The van der Waals surface area contributed by atoms with Gasteiger partial charge in [-0.15, -0.1) is 0 Å². The zero-order chi connectivity index (χ0) is 18.7. The van der Waals surface area contributed by atoms with Gasteiger partial charge in [-0.1, -0.05) is 12.5 Å². The van der Waals surface area contributed by atoms with Gasteiger partial charge in [-0.2, -0.15) is 0 Å². The minimum Gasteiger partial charge on any atom is -0.493 e. The molecular formula is C20H29N3O3. The normalized spacial score (nSPS) is 23.0. The summed E-state index contributed by atoms with van der Waals surface area (Å²) in [5.41, 5.74) is 7.14. The third kappa shape index (κ3) is 3.85. The van der Waals surface area contributed by atoms with Gasteiger partial charge in [-0.05, 0) is 50.4 Å². The smallest absolute Gasteiger partial charge is 0.254 e. The number of hydrogen-bond acceptors (Lipinski definition) is 4. The summed E-state index contributed by atoms with van der Waals surface area (Å²) in [7, 11) is 1.87. The number of nitrogens with two attached hydrogens (primary N) is 1. The molecule has 6 nitrogen and oxygen atoms in total. The van der Waals surface area contributed by atoms with Gasteiger partial charge >= 0.3 is 0 Å². The highest BCUT2D eigenvalue weighted by Crippen LogP contribution is 2.28. The van der Waals surface area contributed by atoms with Crippen LogP contribution in [0, 0.1) is 12.8 Å². The lowest BCUT2D eigenvalue weighted by atomic mass is 9.98. The van der Waals surface area contributed by atoms with Crippen LogP contribution in [0.1, 0.15) is 41.6 Å². The van der Waals surface area contributed by atoms with Crippen LogP contribution in [0.5, 0.6) is 5.75 Å². The number of benzene rings is 1. The molecule has 2 amide bonds. The summed E-state index contributed by atoms with van der Waals surface area (Å²) in [5, 5.41) is 0. The molecule has 2 heterocycles. The van der Waals surface area contributed by atoms with Crippen molar-refractivity contribution in [1.29, 1.82) is 0 Å². The van der Waals surface area contributed by atoms with Crippen LogP contribution < -0.4 is 10.5 Å². The van der Waals surface area contributed by atoms with E-state index in [-0.39, 0.29) is 23.8 Å². The van der Waals surface area contributed by atoms with Gasteiger partial charge in [0.2, 0.25) is 5.91 Å². The zero-order valence-corrected chi connectivity index (χ0v) is 15.7. The van der Waals surface area contributed by atoms with Crippen LogP contribution >= 0.6 is 0 Å². The van der Waals surface area contributed by atoms with Gasteiger partial charge in [-0.3, -0.25) is 9.59 Å². The molecule has 2 aliphatic heterocycles. The van der Waals surface area contributed by atoms with Crippen molar-refractivity contribution in [2.24, 2.45) is 11.7 Å². The molecular weight excluding hydrogens is 330 g/mol. The van der Waals surface area contributed by atoms with Gasteiger partial charge in [0.15, 0.2) is 0 Å². The maximum atomic E-state index is 13.1. The number of likely N-dealkylation sites (N-methyl/N-ethyl adjacent to an activating group) is 1. The molecule has 6 heteroatoms. The van der Waals surface area contributed by atoms with Crippen molar-refractivity contribution in [2.75, 3.05) is 33.3 Å². The first-order chi connectivity index (χ1) is 12.5. The maximum Gasteiger partial charge on any atom is 0.254 e. The van der Waals surface area contributed by atoms with E-state index < -0.39 is 0 Å². The van der Waals surface area contributed by atoms with Crippen molar-refractivity contribution in [3.05, 3.63) is 29.3 Å². The van der Waals surface area contributed by atoms with Crippen molar-refractivity contribution in [1.82, 2.24) is 9.80 Å². The molecule has 0 aliphatic carbocycles. The van der Waals surface area contributed by atoms with Crippen molar-refractivity contribution in [3.63, 3.8) is 0 Å². The largest absolute Gasteiger partial charge is 0.493 e. The predicted molar refractivity (Wildman–Crippen MR) is 100 cm³/mol. The van der Waals surface area contributed by atoms with E-state index in [4.69, 9.17) is 10.5 Å². The average molecular weight is 359 g/mol. The SMILES string of the molecule is Cc1ccc(C(=O)N2C[C@H]3CCC[C@@H](C2)N(C)C3=O)cc1OCCCN. The summed E-state index contributed by atoms with van der Waals surface area (Å²) in [4.78, 5) is 29.3. The summed E-state index contributed by atoms with van der Waals surface area (Å²) in [6.07, 6.45) is 3.66. The van der Waals surface area contributed by atoms with Crippen molar-refractivity contribution < 1.29 is 14.3 Å². The molecule has 1 aromatic carbocycles. The number of aryl methyl sites for hydroxylation is 1. The zero-order valence-electron chi connectivity index (χ0n) is 15.7. The van der Waals surface area contributed by atoms with Gasteiger partial charge in [-0.25, -0.2) is 0 Å². The highest BCUT2D eigenvalue weighted by Gasteiger charge is 2.38. The maximum absolute atomic E-state index is 13.1. The van der Waals surface area contributed by atoms with Crippen molar-refractivity contribution in [2.45, 2.75) is 38.6 Å². The molecule has 3 rings (SSSR count). The Bertz CT molecular complexity index is 676. The molecule has 2 bridgehead atoms. The number of likely N-dealkylation sites (tertiary alicyclic amines) is 1. The number of nitrogens with zero attached hydrogens (tertiary/aromatic N) is 2. The third-order valence-corrected chi connectivity index (χ3v) is 5.53. The van der Waals surface area contributed by atoms with Crippen LogP contribution in [-0.4, -0.2) is 60.9 Å². The number of rotatable bonds is 5. The van der Waals surface area contributed by atoms with Gasteiger partial charge in [0.1, 0.15) is 5.75 Å². The fourth-order valence-electron chi connectivity index (χ4n) is 3.87. The summed E-state index contributed by atoms with van der Waals surface area (Å²) in [6, 6.07) is 5.70. The Morgan fingerprint density at radius 3 is 2.88 bits per heavy atom. The Morgan fingerprint density at radius 2 is 2.12 bits per heavy atom. The van der Waals surface area contributed by atoms with Gasteiger partial charge < -0.3 is 20.3 Å². The lowest BCUT2D eigenvalue weighted by molar-refractivity contribution is -0.134. The molecule has 0 saturated carbocycles. The Morgan fingerprint density at radius 1 is 1.31 bits per heavy atom. The topological polar surface area (TPSA) is 75.9 Å². The van der Waals surface area contributed by atoms with E-state index in [0.29, 0.717) is 31.8 Å². The molecule has 0 unspecified atom stereocenters. The minimum absolute atomic E-state index is 0.0197. The van der Waals surface area contributed by atoms with Gasteiger partial charge in [0, 0.05) is 31.7 Å². The quantitative estimate of drug-likeness (QED) is 0.814. The number of fused-ring (bicyclic) bond motifs is 3. The van der Waals surface area contributed by atoms with E-state index in [2.05, 4.69) is 0 Å². The number of carbonyl (C=O) groups excluding carboxylic acids is 2. The molecule has 2 aliphatic rings. The second-order valence-electron chi connectivity index (χ2n) is 7.41. The highest BCUT2D eigenvalue weighted by molar-refractivity contribution is 5.95. The molecule has 26 heavy (non-hydrogen) atoms. The van der Waals surface area contributed by atoms with E-state index in [1.165, 1.54) is 0 Å². The molecule has 2 N–H and O–H groups in total. The molecule has 1 aromatic rings. The van der Waals surface area contributed by atoms with Crippen LogP contribution in [0.25, 0.3) is 0 Å². The average Bonchev–Trinajstić information content (AvgIpc) is 2.81. The van der Waals surface area contributed by atoms with E-state index in [1.807, 2.05) is 42.0 Å². The summed E-state index contributed by atoms with van der Waals surface area (Å²) >= 11 is 0. The van der Waals surface area contributed by atoms with E-state index in [0.717, 1.165) is 37.0 Å². The Kier molecular flexibility index (Phi) is 5.81. The van der Waals surface area contributed by atoms with Gasteiger partial charge in [0.25, 0.3) is 5.91 Å². The van der Waals surface area contributed by atoms with Crippen LogP contribution in [-0.2, 0) is 4.79 Å². The highest BCUT2D eigenvalue weighted by atomic mass is 16.5. The summed E-state index contributed by atoms with van der Waals surface area (Å²) in [5.74, 6) is 0.806. The summed E-state index contributed by atoms with van der Waals surface area (Å²) in [6.45, 7) is 4.21. The van der Waals surface area contributed by atoms with Crippen LogP contribution in [0.4, 0.5) is 0 Å². The fourth-order valence-corrected chi connectivity index (χ4v) is 3.87. The molecule has 142 valence electrons. The lowest BCUT2D eigenvalue weighted by Gasteiger charge is -2.29. The molecule has 0 aromatic heterocycles. The van der Waals surface area contributed by atoms with E-state index in [1.54, 1.807) is 0 Å². The Hall–Kier alpha value is -2.08. The van der Waals surface area contributed by atoms with E-state index in [9.17, 15) is 9.59 Å². The Balaban J connectivity index is 1.78. The standard InChI is InChI=1S/C20H29N3O3/c1-14-7-8-15(11-18(14)26-10-4-9-21)20(25)23-12-16-5-3-6-17(13-23)22(2)19(16)24/h7-8,11,16-17H,3-6,9-10,12-13,21H2,1-2H3/t16-,17+/m1/s1. The molecule has 2 atom stereocenters. The second kappa shape index (κ2) is 8.08. The summed E-state index contributed by atoms with van der Waals surface area (Å²) < 4.78 is 5.78. The third-order valence-electron chi connectivity index (χ3n) is 5.53. The van der Waals surface area contributed by atoms with Crippen LogP contribution in [0.15, 0.2) is 18.2 Å². The van der Waals surface area contributed by atoms with Crippen molar-refractivity contribution in [3.8, 4) is 5.75 Å². The number of carbonyl (C=O) groups is 2. The first-order valence-corrected chi connectivity index (χ1v) is 9.50. The fraction of sp³-hybridized carbons (Fsp3) is 0.600. The Labute approximate surface area is 155 Å². The molecule has 2 saturated heterocycles. The molecule has 0 spiro atoms. The number of hydrogen-bond donors (Lipinski definition) is 1. The number of ether oxygens (including phenoxy) is 1. The van der Waals surface area contributed by atoms with Crippen LogP contribution in [0.3, 0.4) is 0 Å². The second-order valence-corrected chi connectivity index (χ2v) is 7.41. The van der Waals surface area contributed by atoms with Crippen LogP contribution in [0.2, 0.25) is 0 Å². The molecule has 2 fully saturated rings. The first-order valence-electron chi connectivity index (χ1n) is 9.50. The predicted octanol–water partition coefficient (Wildman–Crippen LogP) is 1.81. The minimum atomic E-state index is -0.0813.